The maximum atomic E-state index is 15.0. The summed E-state index contributed by atoms with van der Waals surface area (Å²) < 4.78 is 35.5. The van der Waals surface area contributed by atoms with Crippen molar-refractivity contribution in [2.75, 3.05) is 6.54 Å². The van der Waals surface area contributed by atoms with Crippen molar-refractivity contribution in [1.82, 2.24) is 30.5 Å². The number of carbonyl (C=O) groups excluding carboxylic acids is 1. The lowest BCUT2D eigenvalue weighted by molar-refractivity contribution is -0.0582. The Balaban J connectivity index is 2.34. The van der Waals surface area contributed by atoms with Crippen molar-refractivity contribution in [2.24, 2.45) is 0 Å². The molecule has 2 unspecified atom stereocenters. The van der Waals surface area contributed by atoms with E-state index in [1.807, 2.05) is 0 Å². The second-order valence-corrected chi connectivity index (χ2v) is 10.7. The van der Waals surface area contributed by atoms with Gasteiger partial charge in [-0.1, -0.05) is 45.1 Å². The van der Waals surface area contributed by atoms with E-state index in [0.717, 1.165) is 37.8 Å². The van der Waals surface area contributed by atoms with Crippen molar-refractivity contribution in [3.63, 3.8) is 0 Å². The normalized spacial score (nSPS) is 13.9. The number of thiocarbonyl (C=S) groups is 1. The van der Waals surface area contributed by atoms with E-state index in [1.54, 1.807) is 27.7 Å². The summed E-state index contributed by atoms with van der Waals surface area (Å²) in [6.07, 6.45) is 8.34. The van der Waals surface area contributed by atoms with Crippen LogP contribution in [0.5, 0.6) is 0 Å². The molecule has 0 radical (unpaired) electrons. The first-order chi connectivity index (χ1) is 17.9. The standard InChI is InChI=1S/C26H40F2N6O3S/c1-6-7-8-9-10-11-14-30-23(38)34(32-24(35)37-25(3,4)5)19(2)26(36,16-33-18-29-17-31-33)21-13-12-20(27)15-22(21)28/h12-13,15,17-19,36H,6-11,14,16H2,1-5H3,(H,30,38)(H,32,35). The van der Waals surface area contributed by atoms with E-state index in [9.17, 15) is 14.3 Å². The van der Waals surface area contributed by atoms with Gasteiger partial charge < -0.3 is 15.2 Å². The second-order valence-electron chi connectivity index (χ2n) is 10.3. The topological polar surface area (TPSA) is 105 Å². The fraction of sp³-hybridized carbons (Fsp3) is 0.615. The summed E-state index contributed by atoms with van der Waals surface area (Å²) in [4.78, 5) is 16.6. The highest BCUT2D eigenvalue weighted by atomic mass is 32.1. The van der Waals surface area contributed by atoms with Gasteiger partial charge >= 0.3 is 6.09 Å². The highest BCUT2D eigenvalue weighted by molar-refractivity contribution is 7.80. The molecule has 2 atom stereocenters. The highest BCUT2D eigenvalue weighted by Gasteiger charge is 2.44. The number of hydrogen-bond acceptors (Lipinski definition) is 6. The number of amides is 1. The maximum Gasteiger partial charge on any atom is 0.426 e. The lowest BCUT2D eigenvalue weighted by atomic mass is 9.86. The van der Waals surface area contributed by atoms with Gasteiger partial charge in [0.1, 0.15) is 35.5 Å². The lowest BCUT2D eigenvalue weighted by Gasteiger charge is -2.42. The molecule has 2 rings (SSSR count). The van der Waals surface area contributed by atoms with Gasteiger partial charge in [0.25, 0.3) is 0 Å². The zero-order valence-corrected chi connectivity index (χ0v) is 23.7. The summed E-state index contributed by atoms with van der Waals surface area (Å²) in [5, 5.41) is 20.5. The van der Waals surface area contributed by atoms with Crippen molar-refractivity contribution in [1.29, 1.82) is 0 Å². The molecule has 9 nitrogen and oxygen atoms in total. The first kappa shape index (κ1) is 31.4. The molecule has 0 aliphatic rings. The molecule has 0 aliphatic heterocycles. The van der Waals surface area contributed by atoms with Gasteiger partial charge in [0.05, 0.1) is 12.6 Å². The Morgan fingerprint density at radius 3 is 2.50 bits per heavy atom. The predicted molar refractivity (Wildman–Crippen MR) is 145 cm³/mol. The van der Waals surface area contributed by atoms with Crippen LogP contribution in [0.1, 0.15) is 78.7 Å². The van der Waals surface area contributed by atoms with Gasteiger partial charge in [0.2, 0.25) is 0 Å². The Morgan fingerprint density at radius 1 is 1.21 bits per heavy atom. The predicted octanol–water partition coefficient (Wildman–Crippen LogP) is 4.81. The molecule has 2 aromatic rings. The summed E-state index contributed by atoms with van der Waals surface area (Å²) in [5.41, 5.74) is -0.437. The Morgan fingerprint density at radius 2 is 1.89 bits per heavy atom. The van der Waals surface area contributed by atoms with Crippen molar-refractivity contribution < 1.29 is 23.4 Å². The number of benzene rings is 1. The van der Waals surface area contributed by atoms with E-state index in [2.05, 4.69) is 27.7 Å². The highest BCUT2D eigenvalue weighted by Crippen LogP contribution is 2.32. The lowest BCUT2D eigenvalue weighted by Crippen LogP contribution is -2.62. The van der Waals surface area contributed by atoms with Gasteiger partial charge in [0.15, 0.2) is 5.11 Å². The molecule has 212 valence electrons. The Labute approximate surface area is 228 Å². The van der Waals surface area contributed by atoms with Crippen LogP contribution in [0.25, 0.3) is 0 Å². The number of nitrogens with zero attached hydrogens (tertiary/aromatic N) is 4. The minimum atomic E-state index is -2.04. The number of nitrogens with one attached hydrogen (secondary N) is 2. The largest absolute Gasteiger partial charge is 0.443 e. The van der Waals surface area contributed by atoms with Crippen LogP contribution in [0, 0.1) is 11.6 Å². The van der Waals surface area contributed by atoms with Gasteiger partial charge in [-0.15, -0.1) is 0 Å². The fourth-order valence-corrected chi connectivity index (χ4v) is 4.27. The Hall–Kier alpha value is -2.86. The van der Waals surface area contributed by atoms with Crippen LogP contribution in [-0.2, 0) is 16.9 Å². The van der Waals surface area contributed by atoms with E-state index >= 15 is 4.39 Å². The fourth-order valence-electron chi connectivity index (χ4n) is 3.97. The molecule has 1 aromatic heterocycles. The Bertz CT molecular complexity index is 1030. The zero-order chi connectivity index (χ0) is 28.3. The van der Waals surface area contributed by atoms with Gasteiger partial charge in [-0.3, -0.25) is 5.01 Å². The number of hydrogen-bond donors (Lipinski definition) is 3. The summed E-state index contributed by atoms with van der Waals surface area (Å²) in [5.74, 6) is -1.75. The molecule has 0 bridgehead atoms. The monoisotopic (exact) mass is 554 g/mol. The Kier molecular flexibility index (Phi) is 11.8. The molecule has 3 N–H and O–H groups in total. The average molecular weight is 555 g/mol. The third-order valence-corrected chi connectivity index (χ3v) is 6.32. The van der Waals surface area contributed by atoms with Gasteiger partial charge in [0, 0.05) is 18.2 Å². The SMILES string of the molecule is CCCCCCCCNC(=S)N(NC(=O)OC(C)(C)C)C(C)C(O)(Cn1cncn1)c1ccc(F)cc1F. The zero-order valence-electron chi connectivity index (χ0n) is 22.8. The average Bonchev–Trinajstić information content (AvgIpc) is 3.33. The van der Waals surface area contributed by atoms with E-state index in [0.29, 0.717) is 12.6 Å². The van der Waals surface area contributed by atoms with Crippen molar-refractivity contribution in [3.05, 3.63) is 48.1 Å². The van der Waals surface area contributed by atoms with E-state index in [4.69, 9.17) is 17.0 Å². The third kappa shape index (κ3) is 9.46. The number of ether oxygens (including phenoxy) is 1. The molecule has 1 heterocycles. The number of aromatic nitrogens is 3. The van der Waals surface area contributed by atoms with Crippen LogP contribution in [0.15, 0.2) is 30.9 Å². The first-order valence-corrected chi connectivity index (χ1v) is 13.3. The summed E-state index contributed by atoms with van der Waals surface area (Å²) in [6.45, 7) is 9.14. The van der Waals surface area contributed by atoms with Crippen LogP contribution < -0.4 is 10.7 Å². The minimum Gasteiger partial charge on any atom is -0.443 e. The number of rotatable bonds is 12. The molecule has 0 fully saturated rings. The molecule has 0 aliphatic carbocycles. The molecule has 12 heteroatoms. The van der Waals surface area contributed by atoms with Crippen molar-refractivity contribution >= 4 is 23.4 Å². The van der Waals surface area contributed by atoms with Crippen LogP contribution in [-0.4, -0.2) is 54.3 Å². The van der Waals surface area contributed by atoms with E-state index < -0.39 is 35.0 Å². The van der Waals surface area contributed by atoms with Gasteiger partial charge in [-0.05, 0) is 52.4 Å². The molecular formula is C26H40F2N6O3S. The molecular weight excluding hydrogens is 514 g/mol. The summed E-state index contributed by atoms with van der Waals surface area (Å²) in [6, 6.07) is 1.84. The molecule has 1 aromatic carbocycles. The molecule has 1 amide bonds. The number of hydrazine groups is 1. The minimum absolute atomic E-state index is 0.108. The molecule has 0 spiro atoms. The maximum absolute atomic E-state index is 15.0. The van der Waals surface area contributed by atoms with Crippen molar-refractivity contribution in [2.45, 2.75) is 96.9 Å². The molecule has 38 heavy (non-hydrogen) atoms. The number of aliphatic hydroxyl groups is 1. The summed E-state index contributed by atoms with van der Waals surface area (Å²) in [7, 11) is 0. The van der Waals surface area contributed by atoms with Gasteiger partial charge in [-0.25, -0.2) is 28.7 Å². The smallest absolute Gasteiger partial charge is 0.426 e. The van der Waals surface area contributed by atoms with Crippen LogP contribution in [0.4, 0.5) is 13.6 Å². The van der Waals surface area contributed by atoms with Crippen molar-refractivity contribution in [3.8, 4) is 0 Å². The van der Waals surface area contributed by atoms with E-state index in [1.165, 1.54) is 35.2 Å². The van der Waals surface area contributed by atoms with Gasteiger partial charge in [-0.2, -0.15) is 5.10 Å². The van der Waals surface area contributed by atoms with Crippen LogP contribution >= 0.6 is 12.2 Å². The quantitative estimate of drug-likeness (QED) is 0.195. The number of carbonyl (C=O) groups is 1. The third-order valence-electron chi connectivity index (χ3n) is 5.98. The molecule has 0 saturated heterocycles. The van der Waals surface area contributed by atoms with E-state index in [-0.39, 0.29) is 17.2 Å². The molecule has 0 saturated carbocycles. The summed E-state index contributed by atoms with van der Waals surface area (Å²) >= 11 is 5.60. The van der Waals surface area contributed by atoms with Crippen LogP contribution in [0.3, 0.4) is 0 Å². The first-order valence-electron chi connectivity index (χ1n) is 12.9. The second kappa shape index (κ2) is 14.3. The van der Waals surface area contributed by atoms with Crippen LogP contribution in [0.2, 0.25) is 0 Å². The number of halogens is 2. The number of unbranched alkanes of at least 4 members (excludes halogenated alkanes) is 5.